The zero-order chi connectivity index (χ0) is 22.5. The minimum atomic E-state index is -0.510. The van der Waals surface area contributed by atoms with Gasteiger partial charge in [0.1, 0.15) is 5.75 Å². The van der Waals surface area contributed by atoms with Crippen molar-refractivity contribution in [3.63, 3.8) is 0 Å². The summed E-state index contributed by atoms with van der Waals surface area (Å²) < 4.78 is 10.3. The minimum absolute atomic E-state index is 0.0181. The number of piperazine rings is 1. The van der Waals surface area contributed by atoms with Crippen molar-refractivity contribution >= 4 is 17.8 Å². The van der Waals surface area contributed by atoms with Crippen molar-refractivity contribution in [2.45, 2.75) is 13.5 Å². The molecule has 0 bridgehead atoms. The lowest BCUT2D eigenvalue weighted by molar-refractivity contribution is -0.122. The third kappa shape index (κ3) is 9.22. The second-order valence-corrected chi connectivity index (χ2v) is 7.18. The second kappa shape index (κ2) is 13.5. The third-order valence-corrected chi connectivity index (χ3v) is 4.69. The van der Waals surface area contributed by atoms with Gasteiger partial charge in [-0.05, 0) is 24.6 Å². The third-order valence-electron chi connectivity index (χ3n) is 4.69. The van der Waals surface area contributed by atoms with Crippen molar-refractivity contribution in [3.05, 3.63) is 29.8 Å². The normalized spacial score (nSPS) is 14.9. The van der Waals surface area contributed by atoms with E-state index in [-0.39, 0.29) is 12.5 Å². The Balaban J connectivity index is 1.87. The summed E-state index contributed by atoms with van der Waals surface area (Å²) in [5.74, 6) is 0.943. The van der Waals surface area contributed by atoms with E-state index < -0.39 is 5.91 Å². The Bertz CT molecular complexity index is 734. The average Bonchev–Trinajstić information content (AvgIpc) is 2.76. The summed E-state index contributed by atoms with van der Waals surface area (Å²) in [6.45, 7) is 7.74. The van der Waals surface area contributed by atoms with Gasteiger partial charge in [0.25, 0.3) is 5.91 Å². The molecule has 172 valence electrons. The fraction of sp³-hybridized carbons (Fsp3) is 0.571. The van der Waals surface area contributed by atoms with Crippen LogP contribution in [0.5, 0.6) is 5.75 Å². The molecular formula is C21H34N6O4. The number of benzene rings is 1. The molecule has 1 saturated heterocycles. The SMILES string of the molecule is CCNC(=NCc1cccc(OCC(N)=O)c1)N1CCN(CC(=O)NCCOC)CC1. The summed E-state index contributed by atoms with van der Waals surface area (Å²) in [5, 5.41) is 6.19. The maximum Gasteiger partial charge on any atom is 0.255 e. The average molecular weight is 435 g/mol. The van der Waals surface area contributed by atoms with Crippen LogP contribution in [0.2, 0.25) is 0 Å². The highest BCUT2D eigenvalue weighted by atomic mass is 16.5. The lowest BCUT2D eigenvalue weighted by Crippen LogP contribution is -2.54. The number of ether oxygens (including phenoxy) is 2. The molecule has 0 saturated carbocycles. The van der Waals surface area contributed by atoms with E-state index in [1.54, 1.807) is 13.2 Å². The van der Waals surface area contributed by atoms with E-state index in [2.05, 4.69) is 20.4 Å². The number of rotatable bonds is 11. The van der Waals surface area contributed by atoms with E-state index in [4.69, 9.17) is 20.2 Å². The Morgan fingerprint density at radius 1 is 1.19 bits per heavy atom. The van der Waals surface area contributed by atoms with E-state index in [1.165, 1.54) is 0 Å². The van der Waals surface area contributed by atoms with Crippen LogP contribution >= 0.6 is 0 Å². The molecule has 1 heterocycles. The van der Waals surface area contributed by atoms with Gasteiger partial charge in [-0.3, -0.25) is 14.5 Å². The molecule has 1 aliphatic rings. The van der Waals surface area contributed by atoms with Crippen molar-refractivity contribution in [1.82, 2.24) is 20.4 Å². The predicted molar refractivity (Wildman–Crippen MR) is 119 cm³/mol. The number of carbonyl (C=O) groups excluding carboxylic acids is 2. The molecule has 0 radical (unpaired) electrons. The number of hydrogen-bond acceptors (Lipinski definition) is 6. The smallest absolute Gasteiger partial charge is 0.255 e. The van der Waals surface area contributed by atoms with Crippen LogP contribution in [0.15, 0.2) is 29.3 Å². The van der Waals surface area contributed by atoms with Gasteiger partial charge < -0.3 is 30.7 Å². The van der Waals surface area contributed by atoms with E-state index >= 15 is 0 Å². The molecule has 10 heteroatoms. The van der Waals surface area contributed by atoms with Gasteiger partial charge in [0, 0.05) is 46.4 Å². The first-order chi connectivity index (χ1) is 15.0. The molecule has 10 nitrogen and oxygen atoms in total. The highest BCUT2D eigenvalue weighted by Crippen LogP contribution is 2.14. The fourth-order valence-electron chi connectivity index (χ4n) is 3.15. The summed E-state index contributed by atoms with van der Waals surface area (Å²) >= 11 is 0. The molecule has 1 fully saturated rings. The van der Waals surface area contributed by atoms with Crippen molar-refractivity contribution in [2.24, 2.45) is 10.7 Å². The minimum Gasteiger partial charge on any atom is -0.484 e. The van der Waals surface area contributed by atoms with Gasteiger partial charge in [-0.2, -0.15) is 0 Å². The van der Waals surface area contributed by atoms with E-state index in [0.717, 1.165) is 44.2 Å². The summed E-state index contributed by atoms with van der Waals surface area (Å²) in [6.07, 6.45) is 0. The van der Waals surface area contributed by atoms with Crippen LogP contribution in [-0.4, -0.2) is 93.7 Å². The molecule has 1 aliphatic heterocycles. The number of guanidine groups is 1. The molecule has 0 aliphatic carbocycles. The van der Waals surface area contributed by atoms with Crippen LogP contribution in [0.3, 0.4) is 0 Å². The molecule has 2 rings (SSSR count). The molecule has 0 unspecified atom stereocenters. The maximum atomic E-state index is 12.0. The quantitative estimate of drug-likeness (QED) is 0.241. The monoisotopic (exact) mass is 434 g/mol. The van der Waals surface area contributed by atoms with Crippen molar-refractivity contribution in [1.29, 1.82) is 0 Å². The van der Waals surface area contributed by atoms with Crippen LogP contribution in [0.4, 0.5) is 0 Å². The van der Waals surface area contributed by atoms with Crippen LogP contribution in [-0.2, 0) is 20.9 Å². The Morgan fingerprint density at radius 3 is 2.65 bits per heavy atom. The standard InChI is InChI=1S/C21H34N6O4/c1-3-23-21(25-14-17-5-4-6-18(13-17)31-16-19(22)28)27-10-8-26(9-11-27)15-20(29)24-7-12-30-2/h4-6,13H,3,7-12,14-16H2,1-2H3,(H2,22,28)(H,23,25)(H,24,29). The second-order valence-electron chi connectivity index (χ2n) is 7.18. The molecule has 1 aromatic rings. The molecule has 2 amide bonds. The molecule has 1 aromatic carbocycles. The summed E-state index contributed by atoms with van der Waals surface area (Å²) in [7, 11) is 1.61. The number of amides is 2. The lowest BCUT2D eigenvalue weighted by Gasteiger charge is -2.36. The first-order valence-electron chi connectivity index (χ1n) is 10.5. The number of primary amides is 1. The van der Waals surface area contributed by atoms with Gasteiger partial charge in [-0.25, -0.2) is 4.99 Å². The zero-order valence-electron chi connectivity index (χ0n) is 18.4. The maximum absolute atomic E-state index is 12.0. The topological polar surface area (TPSA) is 122 Å². The van der Waals surface area contributed by atoms with E-state index in [0.29, 0.717) is 32.0 Å². The van der Waals surface area contributed by atoms with Crippen LogP contribution in [0.25, 0.3) is 0 Å². The number of methoxy groups -OCH3 is 1. The predicted octanol–water partition coefficient (Wildman–Crippen LogP) is -0.604. The first-order valence-corrected chi connectivity index (χ1v) is 10.5. The Hall–Kier alpha value is -2.85. The number of hydrogen-bond donors (Lipinski definition) is 3. The van der Waals surface area contributed by atoms with Crippen LogP contribution < -0.4 is 21.1 Å². The summed E-state index contributed by atoms with van der Waals surface area (Å²) in [6, 6.07) is 7.47. The molecule has 0 aromatic heterocycles. The molecular weight excluding hydrogens is 400 g/mol. The Kier molecular flexibility index (Phi) is 10.6. The van der Waals surface area contributed by atoms with Crippen LogP contribution in [0.1, 0.15) is 12.5 Å². The first kappa shape index (κ1) is 24.4. The van der Waals surface area contributed by atoms with Crippen molar-refractivity contribution in [3.8, 4) is 5.75 Å². The van der Waals surface area contributed by atoms with Gasteiger partial charge in [-0.1, -0.05) is 12.1 Å². The number of aliphatic imine (C=N–C) groups is 1. The van der Waals surface area contributed by atoms with Crippen LogP contribution in [0, 0.1) is 0 Å². The zero-order valence-corrected chi connectivity index (χ0v) is 18.4. The molecule has 0 spiro atoms. The number of nitrogens with one attached hydrogen (secondary N) is 2. The molecule has 0 atom stereocenters. The van der Waals surface area contributed by atoms with E-state index in [1.807, 2.05) is 25.1 Å². The highest BCUT2D eigenvalue weighted by Gasteiger charge is 2.21. The van der Waals surface area contributed by atoms with Crippen molar-refractivity contribution in [2.75, 3.05) is 66.1 Å². The van der Waals surface area contributed by atoms with Gasteiger partial charge in [0.2, 0.25) is 5.91 Å². The highest BCUT2D eigenvalue weighted by molar-refractivity contribution is 5.80. The Morgan fingerprint density at radius 2 is 1.97 bits per heavy atom. The largest absolute Gasteiger partial charge is 0.484 e. The number of carbonyl (C=O) groups is 2. The van der Waals surface area contributed by atoms with Gasteiger partial charge in [0.05, 0.1) is 19.7 Å². The van der Waals surface area contributed by atoms with Gasteiger partial charge in [0.15, 0.2) is 12.6 Å². The summed E-state index contributed by atoms with van der Waals surface area (Å²) in [5.41, 5.74) is 6.10. The van der Waals surface area contributed by atoms with Gasteiger partial charge in [-0.15, -0.1) is 0 Å². The molecule has 4 N–H and O–H groups in total. The van der Waals surface area contributed by atoms with Crippen molar-refractivity contribution < 1.29 is 19.1 Å². The van der Waals surface area contributed by atoms with E-state index in [9.17, 15) is 9.59 Å². The molecule has 31 heavy (non-hydrogen) atoms. The number of nitrogens with two attached hydrogens (primary N) is 1. The van der Waals surface area contributed by atoms with Gasteiger partial charge >= 0.3 is 0 Å². The lowest BCUT2D eigenvalue weighted by atomic mass is 10.2. The number of nitrogens with zero attached hydrogens (tertiary/aromatic N) is 3. The summed E-state index contributed by atoms with van der Waals surface area (Å²) in [4.78, 5) is 32.0. The Labute approximate surface area is 183 Å². The fourth-order valence-corrected chi connectivity index (χ4v) is 3.15.